The zero-order valence-electron chi connectivity index (χ0n) is 12.8. The minimum Gasteiger partial charge on any atom is -0.340 e. The van der Waals surface area contributed by atoms with Gasteiger partial charge in [0.05, 0.1) is 6.54 Å². The third-order valence-corrected chi connectivity index (χ3v) is 4.05. The van der Waals surface area contributed by atoms with Crippen LogP contribution < -0.4 is 0 Å². The van der Waals surface area contributed by atoms with Gasteiger partial charge in [-0.25, -0.2) is 4.98 Å². The number of aryl methyl sites for hydroxylation is 2. The second-order valence-corrected chi connectivity index (χ2v) is 5.78. The van der Waals surface area contributed by atoms with Crippen LogP contribution in [0.2, 0.25) is 0 Å². The maximum Gasteiger partial charge on any atom is 0.223 e. The highest BCUT2D eigenvalue weighted by molar-refractivity contribution is 5.00. The summed E-state index contributed by atoms with van der Waals surface area (Å²) in [6.45, 7) is 8.08. The van der Waals surface area contributed by atoms with Gasteiger partial charge in [0.25, 0.3) is 0 Å². The van der Waals surface area contributed by atoms with Crippen molar-refractivity contribution in [2.24, 2.45) is 0 Å². The Morgan fingerprint density at radius 3 is 3.10 bits per heavy atom. The molecule has 0 saturated carbocycles. The van der Waals surface area contributed by atoms with E-state index in [2.05, 4.69) is 37.7 Å². The Morgan fingerprint density at radius 2 is 2.33 bits per heavy atom. The Hall–Kier alpha value is -1.69. The molecule has 0 amide bonds. The Balaban J connectivity index is 1.64. The third kappa shape index (κ3) is 3.32. The van der Waals surface area contributed by atoms with Gasteiger partial charge >= 0.3 is 0 Å². The molecule has 0 bridgehead atoms. The Morgan fingerprint density at radius 1 is 1.43 bits per heavy atom. The van der Waals surface area contributed by atoms with E-state index in [4.69, 9.17) is 4.52 Å². The normalized spacial score (nSPS) is 20.0. The molecule has 1 aliphatic heterocycles. The lowest BCUT2D eigenvalue weighted by molar-refractivity contribution is 0.188. The van der Waals surface area contributed by atoms with E-state index in [1.807, 2.05) is 13.1 Å². The molecule has 21 heavy (non-hydrogen) atoms. The minimum absolute atomic E-state index is 0.380. The Kier molecular flexibility index (Phi) is 4.34. The maximum absolute atomic E-state index is 5.11. The SMILES string of the molecule is CCCn1ccnc1CN1CCCC(c2noc(C)n2)C1. The van der Waals surface area contributed by atoms with Crippen molar-refractivity contribution < 1.29 is 4.52 Å². The highest BCUT2D eigenvalue weighted by atomic mass is 16.5. The average molecular weight is 289 g/mol. The molecule has 1 unspecified atom stereocenters. The quantitative estimate of drug-likeness (QED) is 0.845. The van der Waals surface area contributed by atoms with Crippen molar-refractivity contribution in [1.29, 1.82) is 0 Å². The lowest BCUT2D eigenvalue weighted by Gasteiger charge is -2.30. The summed E-state index contributed by atoms with van der Waals surface area (Å²) < 4.78 is 7.37. The first-order valence-corrected chi connectivity index (χ1v) is 7.79. The van der Waals surface area contributed by atoms with Gasteiger partial charge in [0.1, 0.15) is 5.82 Å². The van der Waals surface area contributed by atoms with Gasteiger partial charge in [0, 0.05) is 38.3 Å². The maximum atomic E-state index is 5.11. The molecule has 114 valence electrons. The first kappa shape index (κ1) is 14.3. The molecule has 0 spiro atoms. The summed E-state index contributed by atoms with van der Waals surface area (Å²) >= 11 is 0. The van der Waals surface area contributed by atoms with Crippen LogP contribution in [0, 0.1) is 6.92 Å². The first-order chi connectivity index (χ1) is 10.3. The lowest BCUT2D eigenvalue weighted by atomic mass is 9.97. The van der Waals surface area contributed by atoms with Gasteiger partial charge in [-0.05, 0) is 25.8 Å². The Labute approximate surface area is 125 Å². The number of hydrogen-bond acceptors (Lipinski definition) is 5. The molecule has 0 radical (unpaired) electrons. The summed E-state index contributed by atoms with van der Waals surface area (Å²) in [7, 11) is 0. The van der Waals surface area contributed by atoms with Gasteiger partial charge in [-0.1, -0.05) is 12.1 Å². The van der Waals surface area contributed by atoms with E-state index in [1.54, 1.807) is 0 Å². The van der Waals surface area contributed by atoms with Crippen molar-refractivity contribution in [2.45, 2.75) is 52.1 Å². The zero-order chi connectivity index (χ0) is 14.7. The van der Waals surface area contributed by atoms with Gasteiger partial charge < -0.3 is 9.09 Å². The van der Waals surface area contributed by atoms with Gasteiger partial charge in [-0.15, -0.1) is 0 Å². The van der Waals surface area contributed by atoms with Gasteiger partial charge in [0.2, 0.25) is 5.89 Å². The molecule has 2 aromatic rings. The molecular formula is C15H23N5O. The largest absolute Gasteiger partial charge is 0.340 e. The van der Waals surface area contributed by atoms with E-state index >= 15 is 0 Å². The van der Waals surface area contributed by atoms with E-state index in [1.165, 1.54) is 6.42 Å². The third-order valence-electron chi connectivity index (χ3n) is 4.05. The highest BCUT2D eigenvalue weighted by Crippen LogP contribution is 2.25. The van der Waals surface area contributed by atoms with Crippen LogP contribution in [0.3, 0.4) is 0 Å². The van der Waals surface area contributed by atoms with Crippen molar-refractivity contribution >= 4 is 0 Å². The number of hydrogen-bond donors (Lipinski definition) is 0. The molecule has 1 saturated heterocycles. The number of aromatic nitrogens is 4. The van der Waals surface area contributed by atoms with E-state index in [9.17, 15) is 0 Å². The molecule has 3 heterocycles. The summed E-state index contributed by atoms with van der Waals surface area (Å²) in [6.07, 6.45) is 7.41. The fraction of sp³-hybridized carbons (Fsp3) is 0.667. The molecule has 0 aromatic carbocycles. The van der Waals surface area contributed by atoms with Crippen LogP contribution in [0.4, 0.5) is 0 Å². The van der Waals surface area contributed by atoms with Crippen molar-refractivity contribution in [3.05, 3.63) is 29.9 Å². The van der Waals surface area contributed by atoms with E-state index < -0.39 is 0 Å². The van der Waals surface area contributed by atoms with Crippen LogP contribution in [0.1, 0.15) is 49.6 Å². The number of likely N-dealkylation sites (tertiary alicyclic amines) is 1. The predicted molar refractivity (Wildman–Crippen MR) is 78.8 cm³/mol. The van der Waals surface area contributed by atoms with Gasteiger partial charge in [-0.3, -0.25) is 4.90 Å². The monoisotopic (exact) mass is 289 g/mol. The zero-order valence-corrected chi connectivity index (χ0v) is 12.8. The van der Waals surface area contributed by atoms with Gasteiger partial charge in [0.15, 0.2) is 5.82 Å². The lowest BCUT2D eigenvalue weighted by Crippen LogP contribution is -2.35. The molecule has 6 nitrogen and oxygen atoms in total. The topological polar surface area (TPSA) is 60.0 Å². The minimum atomic E-state index is 0.380. The van der Waals surface area contributed by atoms with Crippen molar-refractivity contribution in [3.63, 3.8) is 0 Å². The molecule has 0 N–H and O–H groups in total. The molecule has 6 heteroatoms. The number of nitrogens with zero attached hydrogens (tertiary/aromatic N) is 5. The number of rotatable bonds is 5. The van der Waals surface area contributed by atoms with Crippen LogP contribution in [-0.4, -0.2) is 37.7 Å². The fourth-order valence-corrected chi connectivity index (χ4v) is 3.03. The second-order valence-electron chi connectivity index (χ2n) is 5.78. The number of piperidine rings is 1. The molecule has 0 aliphatic carbocycles. The van der Waals surface area contributed by atoms with Crippen molar-refractivity contribution in [3.8, 4) is 0 Å². The summed E-state index contributed by atoms with van der Waals surface area (Å²) in [5.74, 6) is 3.04. The van der Waals surface area contributed by atoms with Crippen molar-refractivity contribution in [2.75, 3.05) is 13.1 Å². The van der Waals surface area contributed by atoms with Crippen molar-refractivity contribution in [1.82, 2.24) is 24.6 Å². The molecule has 1 fully saturated rings. The van der Waals surface area contributed by atoms with Gasteiger partial charge in [-0.2, -0.15) is 4.98 Å². The standard InChI is InChI=1S/C15H23N5O/c1-3-7-20-9-6-16-14(20)11-19-8-4-5-13(10-19)15-17-12(2)21-18-15/h6,9,13H,3-5,7-8,10-11H2,1-2H3. The van der Waals surface area contributed by atoms with E-state index in [0.717, 1.165) is 50.7 Å². The molecule has 1 atom stereocenters. The molecule has 3 rings (SSSR count). The van der Waals surface area contributed by atoms with E-state index in [-0.39, 0.29) is 0 Å². The molecule has 2 aromatic heterocycles. The van der Waals surface area contributed by atoms with E-state index in [0.29, 0.717) is 11.8 Å². The van der Waals surface area contributed by atoms with Crippen LogP contribution in [-0.2, 0) is 13.1 Å². The summed E-state index contributed by atoms with van der Waals surface area (Å²) in [5, 5.41) is 4.08. The predicted octanol–water partition coefficient (Wildman–Crippen LogP) is 2.36. The fourth-order valence-electron chi connectivity index (χ4n) is 3.03. The average Bonchev–Trinajstić information content (AvgIpc) is 3.10. The van der Waals surface area contributed by atoms with Crippen LogP contribution in [0.25, 0.3) is 0 Å². The summed E-state index contributed by atoms with van der Waals surface area (Å²) in [6, 6.07) is 0. The molecule has 1 aliphatic rings. The molecular weight excluding hydrogens is 266 g/mol. The summed E-state index contributed by atoms with van der Waals surface area (Å²) in [5.41, 5.74) is 0. The van der Waals surface area contributed by atoms with Crippen LogP contribution in [0.5, 0.6) is 0 Å². The first-order valence-electron chi connectivity index (χ1n) is 7.79. The summed E-state index contributed by atoms with van der Waals surface area (Å²) in [4.78, 5) is 11.3. The van der Waals surface area contributed by atoms with Crippen LogP contribution >= 0.6 is 0 Å². The number of imidazole rings is 1. The second kappa shape index (κ2) is 6.39. The Bertz CT molecular complexity index is 576. The smallest absolute Gasteiger partial charge is 0.223 e. The highest BCUT2D eigenvalue weighted by Gasteiger charge is 2.25. The van der Waals surface area contributed by atoms with Crippen LogP contribution in [0.15, 0.2) is 16.9 Å².